The first kappa shape index (κ1) is 26.1. The first-order chi connectivity index (χ1) is 16.9. The van der Waals surface area contributed by atoms with Crippen LogP contribution in [0.3, 0.4) is 0 Å². The van der Waals surface area contributed by atoms with Crippen LogP contribution < -0.4 is 15.0 Å². The highest BCUT2D eigenvalue weighted by molar-refractivity contribution is 5.94. The van der Waals surface area contributed by atoms with Gasteiger partial charge in [0.25, 0.3) is 0 Å². The number of hydrogen-bond acceptors (Lipinski definition) is 6. The van der Waals surface area contributed by atoms with Crippen LogP contribution in [0.1, 0.15) is 30.4 Å². The maximum Gasteiger partial charge on any atom is 0.416 e. The summed E-state index contributed by atoms with van der Waals surface area (Å²) >= 11 is 0. The molecule has 3 aromatic rings. The number of amides is 1. The predicted octanol–water partition coefficient (Wildman–Crippen LogP) is 5.13. The number of aryl methyl sites for hydroxylation is 1. The molecule has 2 aliphatic rings. The third-order valence-corrected chi connectivity index (χ3v) is 6.57. The number of fused-ring (bicyclic) bond motifs is 2. The van der Waals surface area contributed by atoms with Crippen molar-refractivity contribution in [3.63, 3.8) is 0 Å². The summed E-state index contributed by atoms with van der Waals surface area (Å²) in [6.45, 7) is 4.73. The van der Waals surface area contributed by atoms with Crippen LogP contribution in [0, 0.1) is 0 Å². The monoisotopic (exact) mass is 524 g/mol. The Hall–Kier alpha value is -2.98. The zero-order chi connectivity index (χ0) is 24.4. The second-order valence-electron chi connectivity index (χ2n) is 8.97. The van der Waals surface area contributed by atoms with Crippen molar-refractivity contribution in [3.05, 3.63) is 47.5 Å². The average molecular weight is 525 g/mol. The number of unbranched alkanes of at least 4 members (excludes halogenated alkanes) is 1. The van der Waals surface area contributed by atoms with Crippen molar-refractivity contribution in [3.8, 4) is 5.75 Å². The van der Waals surface area contributed by atoms with Crippen molar-refractivity contribution >= 4 is 40.8 Å². The number of anilines is 2. The zero-order valence-electron chi connectivity index (χ0n) is 19.6. The molecular weight excluding hydrogens is 497 g/mol. The third-order valence-electron chi connectivity index (χ3n) is 6.57. The van der Waals surface area contributed by atoms with Gasteiger partial charge in [-0.1, -0.05) is 11.2 Å². The first-order valence-electron chi connectivity index (χ1n) is 11.9. The number of rotatable bonds is 7. The minimum atomic E-state index is -4.41. The number of alkyl halides is 3. The van der Waals surface area contributed by atoms with E-state index >= 15 is 0 Å². The number of carbonyl (C=O) groups is 1. The third kappa shape index (κ3) is 5.87. The van der Waals surface area contributed by atoms with Crippen LogP contribution in [0.4, 0.5) is 24.7 Å². The second-order valence-corrected chi connectivity index (χ2v) is 8.97. The summed E-state index contributed by atoms with van der Waals surface area (Å²) in [5, 5.41) is 7.53. The number of halogens is 4. The van der Waals surface area contributed by atoms with Crippen LogP contribution in [0.25, 0.3) is 11.0 Å². The number of nitrogens with zero attached hydrogens (tertiary/aromatic N) is 3. The van der Waals surface area contributed by atoms with Gasteiger partial charge in [-0.3, -0.25) is 9.69 Å². The lowest BCUT2D eigenvalue weighted by Crippen LogP contribution is -2.46. The highest BCUT2D eigenvalue weighted by Gasteiger charge is 2.32. The summed E-state index contributed by atoms with van der Waals surface area (Å²) in [6, 6.07) is 9.37. The Balaban J connectivity index is 0.00000304. The Morgan fingerprint density at radius 2 is 1.83 bits per heavy atom. The van der Waals surface area contributed by atoms with Crippen LogP contribution in [0.5, 0.6) is 5.75 Å². The SMILES string of the molecule is Cl.O=C1CCc2ccc(OCCCCN3CCN(c4noc5cc(C(F)(F)F)ccc45)CC3)cc2N1. The van der Waals surface area contributed by atoms with Gasteiger partial charge in [0.2, 0.25) is 5.91 Å². The minimum absolute atomic E-state index is 0. The van der Waals surface area contributed by atoms with Gasteiger partial charge < -0.3 is 19.5 Å². The van der Waals surface area contributed by atoms with E-state index in [9.17, 15) is 18.0 Å². The van der Waals surface area contributed by atoms with Gasteiger partial charge in [0.1, 0.15) is 5.75 Å². The molecule has 5 rings (SSSR count). The van der Waals surface area contributed by atoms with Crippen molar-refractivity contribution in [2.24, 2.45) is 0 Å². The van der Waals surface area contributed by atoms with Crippen molar-refractivity contribution in [1.82, 2.24) is 10.1 Å². The molecule has 0 atom stereocenters. The molecule has 0 unspecified atom stereocenters. The Bertz CT molecular complexity index is 1210. The highest BCUT2D eigenvalue weighted by Crippen LogP contribution is 2.34. The molecule has 1 N–H and O–H groups in total. The molecule has 1 fully saturated rings. The maximum absolute atomic E-state index is 12.9. The van der Waals surface area contributed by atoms with Gasteiger partial charge in [-0.15, -0.1) is 12.4 Å². The van der Waals surface area contributed by atoms with Gasteiger partial charge in [-0.2, -0.15) is 13.2 Å². The molecular formula is C25H28ClF3N4O3. The first-order valence-corrected chi connectivity index (χ1v) is 11.9. The molecule has 0 saturated carbocycles. The highest BCUT2D eigenvalue weighted by atomic mass is 35.5. The molecule has 2 aromatic carbocycles. The van der Waals surface area contributed by atoms with Crippen LogP contribution >= 0.6 is 12.4 Å². The number of piperazine rings is 1. The van der Waals surface area contributed by atoms with Gasteiger partial charge in [0.05, 0.1) is 17.6 Å². The van der Waals surface area contributed by atoms with E-state index in [1.165, 1.54) is 6.07 Å². The number of carbonyl (C=O) groups excluding carboxylic acids is 1. The van der Waals surface area contributed by atoms with E-state index in [0.717, 1.165) is 81.1 Å². The van der Waals surface area contributed by atoms with E-state index in [-0.39, 0.29) is 23.9 Å². The lowest BCUT2D eigenvalue weighted by molar-refractivity contribution is -0.137. The summed E-state index contributed by atoms with van der Waals surface area (Å²) in [4.78, 5) is 16.0. The molecule has 7 nitrogen and oxygen atoms in total. The number of ether oxygens (including phenoxy) is 1. The van der Waals surface area contributed by atoms with Gasteiger partial charge in [0, 0.05) is 44.4 Å². The van der Waals surface area contributed by atoms with Gasteiger partial charge in [-0.05, 0) is 55.6 Å². The molecule has 0 aliphatic carbocycles. The molecule has 0 spiro atoms. The fourth-order valence-corrected chi connectivity index (χ4v) is 4.58. The van der Waals surface area contributed by atoms with E-state index in [1.54, 1.807) is 0 Å². The Morgan fingerprint density at radius 1 is 1.03 bits per heavy atom. The van der Waals surface area contributed by atoms with E-state index in [0.29, 0.717) is 24.2 Å². The van der Waals surface area contributed by atoms with E-state index in [2.05, 4.69) is 20.3 Å². The number of hydrogen-bond donors (Lipinski definition) is 1. The molecule has 1 saturated heterocycles. The molecule has 194 valence electrons. The molecule has 3 heterocycles. The quantitative estimate of drug-likeness (QED) is 0.432. The molecule has 0 radical (unpaired) electrons. The summed E-state index contributed by atoms with van der Waals surface area (Å²) in [7, 11) is 0. The zero-order valence-corrected chi connectivity index (χ0v) is 20.5. The van der Waals surface area contributed by atoms with Crippen LogP contribution in [-0.2, 0) is 17.4 Å². The van der Waals surface area contributed by atoms with Crippen molar-refractivity contribution in [2.75, 3.05) is 49.5 Å². The van der Waals surface area contributed by atoms with Gasteiger partial charge in [-0.25, -0.2) is 0 Å². The fraction of sp³-hybridized carbons (Fsp3) is 0.440. The largest absolute Gasteiger partial charge is 0.494 e. The molecule has 11 heteroatoms. The average Bonchev–Trinajstić information content (AvgIpc) is 3.27. The normalized spacial score (nSPS) is 16.4. The topological polar surface area (TPSA) is 70.8 Å². The Kier molecular flexibility index (Phi) is 7.94. The smallest absolute Gasteiger partial charge is 0.416 e. The van der Waals surface area contributed by atoms with Gasteiger partial charge >= 0.3 is 6.18 Å². The number of nitrogens with one attached hydrogen (secondary N) is 1. The van der Waals surface area contributed by atoms with Crippen LogP contribution in [0.15, 0.2) is 40.9 Å². The number of benzene rings is 2. The molecule has 1 amide bonds. The van der Waals surface area contributed by atoms with Crippen LogP contribution in [0.2, 0.25) is 0 Å². The summed E-state index contributed by atoms with van der Waals surface area (Å²) in [6.07, 6.45) is -1.20. The van der Waals surface area contributed by atoms with E-state index < -0.39 is 11.7 Å². The molecule has 36 heavy (non-hydrogen) atoms. The van der Waals surface area contributed by atoms with Gasteiger partial charge in [0.15, 0.2) is 11.4 Å². The summed E-state index contributed by atoms with van der Waals surface area (Å²) in [5.41, 5.74) is 1.40. The van der Waals surface area contributed by atoms with E-state index in [4.69, 9.17) is 9.26 Å². The predicted molar refractivity (Wildman–Crippen MR) is 133 cm³/mol. The Labute approximate surface area is 212 Å². The van der Waals surface area contributed by atoms with Crippen molar-refractivity contribution < 1.29 is 27.2 Å². The lowest BCUT2D eigenvalue weighted by atomic mass is 10.0. The summed E-state index contributed by atoms with van der Waals surface area (Å²) < 4.78 is 49.8. The van der Waals surface area contributed by atoms with Crippen LogP contribution in [-0.4, -0.2) is 55.3 Å². The molecule has 2 aliphatic heterocycles. The maximum atomic E-state index is 12.9. The van der Waals surface area contributed by atoms with Crippen molar-refractivity contribution in [1.29, 1.82) is 0 Å². The number of aromatic nitrogens is 1. The van der Waals surface area contributed by atoms with E-state index in [1.807, 2.05) is 18.2 Å². The summed E-state index contributed by atoms with van der Waals surface area (Å²) in [5.74, 6) is 1.41. The lowest BCUT2D eigenvalue weighted by Gasteiger charge is -2.34. The standard InChI is InChI=1S/C25H27F3N4O3.ClH/c26-25(27,28)18-5-7-20-22(15-18)35-30-24(20)32-12-10-31(11-13-32)9-1-2-14-34-19-6-3-17-4-8-23(33)29-21(17)16-19;/h3,5-7,15-16H,1-2,4,8-14H2,(H,29,33);1H. The molecule has 0 bridgehead atoms. The fourth-order valence-electron chi connectivity index (χ4n) is 4.58. The van der Waals surface area contributed by atoms with Crippen molar-refractivity contribution in [2.45, 2.75) is 31.9 Å². The second kappa shape index (κ2) is 11.0. The minimum Gasteiger partial charge on any atom is -0.494 e. The molecule has 1 aromatic heterocycles. The Morgan fingerprint density at radius 3 is 2.61 bits per heavy atom.